The second-order valence-corrected chi connectivity index (χ2v) is 1.91. The Labute approximate surface area is 54.2 Å². The summed E-state index contributed by atoms with van der Waals surface area (Å²) in [4.78, 5) is 3.86. The van der Waals surface area contributed by atoms with E-state index in [1.165, 1.54) is 0 Å². The first-order chi connectivity index (χ1) is 4.33. The summed E-state index contributed by atoms with van der Waals surface area (Å²) in [6.07, 6.45) is 4.53. The Morgan fingerprint density at radius 1 is 1.89 bits per heavy atom. The fourth-order valence-corrected chi connectivity index (χ4v) is 0.728. The van der Waals surface area contributed by atoms with E-state index >= 15 is 0 Å². The van der Waals surface area contributed by atoms with Crippen LogP contribution in [0.2, 0.25) is 0 Å². The zero-order valence-corrected chi connectivity index (χ0v) is 5.37. The average Bonchev–Trinajstić information content (AvgIpc) is 1.88. The molecule has 0 saturated heterocycles. The second-order valence-electron chi connectivity index (χ2n) is 1.91. The Morgan fingerprint density at radius 3 is 3.11 bits per heavy atom. The molecule has 3 nitrogen and oxygen atoms in total. The molecule has 0 spiro atoms. The predicted octanol–water partition coefficient (Wildman–Crippen LogP) is 0.276. The molecule has 0 aromatic rings. The molecular weight excluding hydrogens is 116 g/mol. The van der Waals surface area contributed by atoms with Crippen molar-refractivity contribution in [3.8, 4) is 0 Å². The summed E-state index contributed by atoms with van der Waals surface area (Å²) in [6.45, 7) is 0. The Hall–Kier alpha value is -0.830. The van der Waals surface area contributed by atoms with Gasteiger partial charge in [0.2, 0.25) is 0 Å². The molecule has 0 amide bonds. The van der Waals surface area contributed by atoms with Crippen LogP contribution in [0, 0.1) is 0 Å². The van der Waals surface area contributed by atoms with Crippen LogP contribution in [0.25, 0.3) is 0 Å². The molecule has 0 aromatic heterocycles. The molecule has 0 aliphatic carbocycles. The third-order valence-electron chi connectivity index (χ3n) is 1.24. The van der Waals surface area contributed by atoms with Crippen LogP contribution in [-0.4, -0.2) is 19.4 Å². The monoisotopic (exact) mass is 126 g/mol. The fraction of sp³-hybridized carbons (Fsp3) is 0.500. The molecule has 1 unspecified atom stereocenters. The lowest BCUT2D eigenvalue weighted by molar-refractivity contribution is 0.146. The lowest BCUT2D eigenvalue weighted by Gasteiger charge is -2.10. The van der Waals surface area contributed by atoms with Gasteiger partial charge in [-0.1, -0.05) is 0 Å². The highest BCUT2D eigenvalue weighted by Crippen LogP contribution is 2.04. The van der Waals surface area contributed by atoms with E-state index in [4.69, 9.17) is 10.5 Å². The van der Waals surface area contributed by atoms with Gasteiger partial charge < -0.3 is 10.5 Å². The smallest absolute Gasteiger partial charge is 0.121 e. The largest absolute Gasteiger partial charge is 0.384 e. The topological polar surface area (TPSA) is 47.6 Å². The van der Waals surface area contributed by atoms with Gasteiger partial charge in [0.05, 0.1) is 6.10 Å². The molecule has 0 aromatic carbocycles. The van der Waals surface area contributed by atoms with E-state index < -0.39 is 0 Å². The van der Waals surface area contributed by atoms with Gasteiger partial charge in [-0.05, 0) is 6.08 Å². The van der Waals surface area contributed by atoms with Gasteiger partial charge in [-0.2, -0.15) is 0 Å². The molecule has 0 fully saturated rings. The molecule has 1 aliphatic heterocycles. The van der Waals surface area contributed by atoms with Crippen molar-refractivity contribution in [1.29, 1.82) is 0 Å². The first-order valence-corrected chi connectivity index (χ1v) is 2.85. The lowest BCUT2D eigenvalue weighted by atomic mass is 10.2. The minimum atomic E-state index is 0.127. The van der Waals surface area contributed by atoms with Crippen molar-refractivity contribution >= 4 is 6.21 Å². The van der Waals surface area contributed by atoms with Crippen LogP contribution in [0.3, 0.4) is 0 Å². The number of nitrogens with two attached hydrogens (primary N) is 1. The van der Waals surface area contributed by atoms with E-state index in [-0.39, 0.29) is 6.10 Å². The number of ether oxygens (including phenoxy) is 1. The lowest BCUT2D eigenvalue weighted by Crippen LogP contribution is -2.14. The van der Waals surface area contributed by atoms with Crippen molar-refractivity contribution in [2.45, 2.75) is 12.5 Å². The van der Waals surface area contributed by atoms with Crippen molar-refractivity contribution in [2.75, 3.05) is 7.11 Å². The van der Waals surface area contributed by atoms with Crippen LogP contribution < -0.4 is 5.73 Å². The molecule has 9 heavy (non-hydrogen) atoms. The molecule has 1 aliphatic rings. The van der Waals surface area contributed by atoms with E-state index in [0.717, 1.165) is 6.42 Å². The molecule has 2 N–H and O–H groups in total. The number of aliphatic imine (C=N–C) groups is 1. The molecule has 1 atom stereocenters. The van der Waals surface area contributed by atoms with Gasteiger partial charge in [0, 0.05) is 19.7 Å². The number of hydrogen-bond donors (Lipinski definition) is 1. The molecule has 3 heteroatoms. The van der Waals surface area contributed by atoms with Crippen LogP contribution in [0.15, 0.2) is 16.9 Å². The zero-order chi connectivity index (χ0) is 6.69. The Balaban J connectivity index is 2.55. The van der Waals surface area contributed by atoms with Crippen molar-refractivity contribution in [3.05, 3.63) is 11.9 Å². The standard InChI is InChI=1S/C6H10N2O/c1-9-5-2-3-8-6(7)4-5/h3-5H,2,7H2,1H3. The molecule has 1 heterocycles. The molecule has 0 saturated carbocycles. The van der Waals surface area contributed by atoms with Gasteiger partial charge in [-0.25, -0.2) is 4.99 Å². The van der Waals surface area contributed by atoms with Gasteiger partial charge in [-0.15, -0.1) is 0 Å². The van der Waals surface area contributed by atoms with Gasteiger partial charge in [0.25, 0.3) is 0 Å². The number of nitrogens with zero attached hydrogens (tertiary/aromatic N) is 1. The van der Waals surface area contributed by atoms with E-state index in [2.05, 4.69) is 4.99 Å². The zero-order valence-electron chi connectivity index (χ0n) is 5.37. The number of hydrogen-bond acceptors (Lipinski definition) is 3. The first kappa shape index (κ1) is 6.29. The molecular formula is C6H10N2O. The van der Waals surface area contributed by atoms with Crippen molar-refractivity contribution < 1.29 is 4.74 Å². The Bertz CT molecular complexity index is 151. The predicted molar refractivity (Wildman–Crippen MR) is 36.2 cm³/mol. The van der Waals surface area contributed by atoms with E-state index in [1.54, 1.807) is 19.4 Å². The molecule has 50 valence electrons. The van der Waals surface area contributed by atoms with Crippen LogP contribution in [0.4, 0.5) is 0 Å². The molecule has 0 radical (unpaired) electrons. The molecule has 1 rings (SSSR count). The van der Waals surface area contributed by atoms with Crippen LogP contribution in [0.1, 0.15) is 6.42 Å². The second kappa shape index (κ2) is 2.64. The van der Waals surface area contributed by atoms with Gasteiger partial charge in [-0.3, -0.25) is 0 Å². The summed E-state index contributed by atoms with van der Waals surface area (Å²) in [5.41, 5.74) is 5.38. The number of methoxy groups -OCH3 is 1. The van der Waals surface area contributed by atoms with Gasteiger partial charge in [0.15, 0.2) is 0 Å². The van der Waals surface area contributed by atoms with Crippen LogP contribution in [-0.2, 0) is 4.74 Å². The minimum absolute atomic E-state index is 0.127. The van der Waals surface area contributed by atoms with E-state index in [0.29, 0.717) is 5.82 Å². The van der Waals surface area contributed by atoms with Gasteiger partial charge >= 0.3 is 0 Å². The number of rotatable bonds is 1. The van der Waals surface area contributed by atoms with Gasteiger partial charge in [0.1, 0.15) is 5.82 Å². The highest BCUT2D eigenvalue weighted by molar-refractivity contribution is 5.61. The summed E-state index contributed by atoms with van der Waals surface area (Å²) in [5, 5.41) is 0. The average molecular weight is 126 g/mol. The fourth-order valence-electron chi connectivity index (χ4n) is 0.728. The molecule has 0 bridgehead atoms. The minimum Gasteiger partial charge on any atom is -0.384 e. The van der Waals surface area contributed by atoms with Crippen molar-refractivity contribution in [1.82, 2.24) is 0 Å². The van der Waals surface area contributed by atoms with E-state index in [1.807, 2.05) is 0 Å². The summed E-state index contributed by atoms with van der Waals surface area (Å²) < 4.78 is 5.01. The highest BCUT2D eigenvalue weighted by Gasteiger charge is 2.05. The summed E-state index contributed by atoms with van der Waals surface area (Å²) in [6, 6.07) is 0. The van der Waals surface area contributed by atoms with Crippen molar-refractivity contribution in [3.63, 3.8) is 0 Å². The maximum Gasteiger partial charge on any atom is 0.121 e. The third-order valence-corrected chi connectivity index (χ3v) is 1.24. The summed E-state index contributed by atoms with van der Waals surface area (Å²) >= 11 is 0. The summed E-state index contributed by atoms with van der Waals surface area (Å²) in [7, 11) is 1.66. The maximum absolute atomic E-state index is 5.38. The van der Waals surface area contributed by atoms with Crippen LogP contribution in [0.5, 0.6) is 0 Å². The normalized spacial score (nSPS) is 25.9. The van der Waals surface area contributed by atoms with Crippen LogP contribution >= 0.6 is 0 Å². The highest BCUT2D eigenvalue weighted by atomic mass is 16.5. The SMILES string of the molecule is COC1C=C(N)N=CC1. The Kier molecular flexibility index (Phi) is 1.85. The third kappa shape index (κ3) is 1.54. The van der Waals surface area contributed by atoms with E-state index in [9.17, 15) is 0 Å². The Morgan fingerprint density at radius 2 is 2.67 bits per heavy atom. The quantitative estimate of drug-likeness (QED) is 0.548. The maximum atomic E-state index is 5.38. The summed E-state index contributed by atoms with van der Waals surface area (Å²) in [5.74, 6) is 0.549. The first-order valence-electron chi connectivity index (χ1n) is 2.85. The van der Waals surface area contributed by atoms with Crippen molar-refractivity contribution in [2.24, 2.45) is 10.7 Å².